The molecule has 1 aliphatic carbocycles. The fraction of sp³-hybridized carbons (Fsp3) is 0.294. The van der Waals surface area contributed by atoms with Crippen molar-refractivity contribution in [1.29, 1.82) is 0 Å². The van der Waals surface area contributed by atoms with Crippen LogP contribution >= 0.6 is 0 Å². The molecular formula is C17H15N3O4. The van der Waals surface area contributed by atoms with Crippen LogP contribution in [0.15, 0.2) is 39.5 Å². The van der Waals surface area contributed by atoms with Gasteiger partial charge in [0.2, 0.25) is 5.82 Å². The summed E-state index contributed by atoms with van der Waals surface area (Å²) in [6.45, 7) is 0. The topological polar surface area (TPSA) is 91.2 Å². The van der Waals surface area contributed by atoms with Crippen LogP contribution in [-0.4, -0.2) is 28.2 Å². The zero-order valence-electron chi connectivity index (χ0n) is 13.1. The van der Waals surface area contributed by atoms with Gasteiger partial charge in [-0.1, -0.05) is 17.3 Å². The van der Waals surface area contributed by atoms with Gasteiger partial charge in [-0.05, 0) is 30.9 Å². The molecule has 0 saturated heterocycles. The van der Waals surface area contributed by atoms with E-state index in [1.54, 1.807) is 24.3 Å². The molecule has 0 atom stereocenters. The molecule has 24 heavy (non-hydrogen) atoms. The van der Waals surface area contributed by atoms with Crippen molar-refractivity contribution >= 4 is 5.97 Å². The lowest BCUT2D eigenvalue weighted by molar-refractivity contribution is 0.0601. The van der Waals surface area contributed by atoms with Crippen LogP contribution in [0.5, 0.6) is 0 Å². The van der Waals surface area contributed by atoms with Crippen molar-refractivity contribution in [2.24, 2.45) is 5.92 Å². The number of aromatic nitrogens is 3. The van der Waals surface area contributed by atoms with Gasteiger partial charge in [-0.3, -0.25) is 0 Å². The highest BCUT2D eigenvalue weighted by molar-refractivity contribution is 5.90. The number of methoxy groups -OCH3 is 1. The predicted octanol–water partition coefficient (Wildman–Crippen LogP) is 3.13. The summed E-state index contributed by atoms with van der Waals surface area (Å²) in [5, 5.41) is 3.95. The molecule has 0 radical (unpaired) electrons. The van der Waals surface area contributed by atoms with Gasteiger partial charge in [-0.15, -0.1) is 0 Å². The Kier molecular flexibility index (Phi) is 3.60. The van der Waals surface area contributed by atoms with Crippen LogP contribution in [0.3, 0.4) is 0 Å². The third kappa shape index (κ3) is 2.92. The van der Waals surface area contributed by atoms with Crippen LogP contribution in [0, 0.1) is 5.92 Å². The van der Waals surface area contributed by atoms with Gasteiger partial charge in [0.1, 0.15) is 6.26 Å². The zero-order chi connectivity index (χ0) is 16.5. The minimum absolute atomic E-state index is 0.291. The Morgan fingerprint density at radius 2 is 2.21 bits per heavy atom. The molecule has 0 aliphatic heterocycles. The Hall–Kier alpha value is -2.96. The maximum Gasteiger partial charge on any atom is 0.337 e. The lowest BCUT2D eigenvalue weighted by Gasteiger charge is -2.00. The first kappa shape index (κ1) is 14.6. The summed E-state index contributed by atoms with van der Waals surface area (Å²) < 4.78 is 15.4. The Morgan fingerprint density at radius 1 is 1.33 bits per heavy atom. The highest BCUT2D eigenvalue weighted by atomic mass is 16.5. The number of carbonyl (C=O) groups excluding carboxylic acids is 1. The van der Waals surface area contributed by atoms with Gasteiger partial charge in [0.15, 0.2) is 11.6 Å². The smallest absolute Gasteiger partial charge is 0.337 e. The molecule has 2 heterocycles. The van der Waals surface area contributed by atoms with E-state index in [1.165, 1.54) is 26.2 Å². The first-order valence-electron chi connectivity index (χ1n) is 7.70. The van der Waals surface area contributed by atoms with Crippen LogP contribution in [-0.2, 0) is 11.2 Å². The zero-order valence-corrected chi connectivity index (χ0v) is 13.1. The molecule has 7 nitrogen and oxygen atoms in total. The number of rotatable bonds is 5. The van der Waals surface area contributed by atoms with Gasteiger partial charge < -0.3 is 13.7 Å². The maximum atomic E-state index is 11.6. The van der Waals surface area contributed by atoms with Crippen molar-refractivity contribution in [3.63, 3.8) is 0 Å². The molecular weight excluding hydrogens is 310 g/mol. The van der Waals surface area contributed by atoms with E-state index >= 15 is 0 Å². The number of oxazole rings is 1. The Morgan fingerprint density at radius 3 is 3.00 bits per heavy atom. The van der Waals surface area contributed by atoms with Crippen molar-refractivity contribution < 1.29 is 18.5 Å². The highest BCUT2D eigenvalue weighted by Gasteiger charge is 2.24. The summed E-state index contributed by atoms with van der Waals surface area (Å²) in [7, 11) is 1.34. The summed E-state index contributed by atoms with van der Waals surface area (Å²) in [6, 6.07) is 6.85. The number of ether oxygens (including phenoxy) is 1. The third-order valence-corrected chi connectivity index (χ3v) is 3.90. The van der Waals surface area contributed by atoms with Crippen LogP contribution < -0.4 is 0 Å². The number of esters is 1. The number of benzene rings is 1. The van der Waals surface area contributed by atoms with E-state index in [-0.39, 0.29) is 0 Å². The summed E-state index contributed by atoms with van der Waals surface area (Å²) in [5.41, 5.74) is 1.61. The van der Waals surface area contributed by atoms with Gasteiger partial charge in [-0.25, -0.2) is 9.78 Å². The Bertz CT molecular complexity index is 879. The van der Waals surface area contributed by atoms with Gasteiger partial charge in [-0.2, -0.15) is 4.98 Å². The van der Waals surface area contributed by atoms with E-state index in [0.717, 1.165) is 6.42 Å². The lowest BCUT2D eigenvalue weighted by Crippen LogP contribution is -2.00. The SMILES string of the molecule is COC(=O)c1cccc(-c2noc(-c3coc(CC4CC4)n3)n2)c1. The van der Waals surface area contributed by atoms with Crippen LogP contribution in [0.25, 0.3) is 23.0 Å². The van der Waals surface area contributed by atoms with Crippen molar-refractivity contribution in [2.45, 2.75) is 19.3 Å². The van der Waals surface area contributed by atoms with Crippen molar-refractivity contribution in [3.05, 3.63) is 42.0 Å². The van der Waals surface area contributed by atoms with E-state index in [9.17, 15) is 4.79 Å². The van der Waals surface area contributed by atoms with Crippen LogP contribution in [0.1, 0.15) is 29.1 Å². The average Bonchev–Trinajstić information content (AvgIpc) is 3.11. The standard InChI is InChI=1S/C17H15N3O4/c1-22-17(21)12-4-2-3-11(8-12)15-19-16(24-20-15)13-9-23-14(18-13)7-10-5-6-10/h2-4,8-10H,5-7H2,1H3. The molecule has 0 bridgehead atoms. The molecule has 3 aromatic rings. The fourth-order valence-electron chi connectivity index (χ4n) is 2.42. The number of nitrogens with zero attached hydrogens (tertiary/aromatic N) is 3. The van der Waals surface area contributed by atoms with Crippen LogP contribution in [0.2, 0.25) is 0 Å². The largest absolute Gasteiger partial charge is 0.465 e. The highest BCUT2D eigenvalue weighted by Crippen LogP contribution is 2.33. The number of hydrogen-bond donors (Lipinski definition) is 0. The summed E-state index contributed by atoms with van der Waals surface area (Å²) >= 11 is 0. The van der Waals surface area contributed by atoms with E-state index in [4.69, 9.17) is 13.7 Å². The fourth-order valence-corrected chi connectivity index (χ4v) is 2.42. The van der Waals surface area contributed by atoms with Crippen LogP contribution in [0.4, 0.5) is 0 Å². The summed E-state index contributed by atoms with van der Waals surface area (Å²) in [6.07, 6.45) is 4.85. The minimum atomic E-state index is -0.415. The second kappa shape index (κ2) is 5.92. The molecule has 0 amide bonds. The van der Waals surface area contributed by atoms with Gasteiger partial charge in [0.05, 0.1) is 12.7 Å². The van der Waals surface area contributed by atoms with Gasteiger partial charge in [0, 0.05) is 12.0 Å². The first-order chi connectivity index (χ1) is 11.7. The molecule has 4 rings (SSSR count). The minimum Gasteiger partial charge on any atom is -0.465 e. The molecule has 0 unspecified atom stereocenters. The lowest BCUT2D eigenvalue weighted by atomic mass is 10.1. The normalized spacial score (nSPS) is 13.9. The summed E-state index contributed by atoms with van der Waals surface area (Å²) in [4.78, 5) is 20.3. The Balaban J connectivity index is 1.58. The monoisotopic (exact) mass is 325 g/mol. The molecule has 0 N–H and O–H groups in total. The molecule has 122 valence electrons. The van der Waals surface area contributed by atoms with Gasteiger partial charge in [0.25, 0.3) is 5.89 Å². The number of hydrogen-bond acceptors (Lipinski definition) is 7. The van der Waals surface area contributed by atoms with Gasteiger partial charge >= 0.3 is 5.97 Å². The van der Waals surface area contributed by atoms with Crippen molar-refractivity contribution in [2.75, 3.05) is 7.11 Å². The summed E-state index contributed by atoms with van der Waals surface area (Å²) in [5.74, 6) is 1.64. The molecule has 1 aromatic carbocycles. The maximum absolute atomic E-state index is 11.6. The van der Waals surface area contributed by atoms with Crippen molar-refractivity contribution in [1.82, 2.24) is 15.1 Å². The van der Waals surface area contributed by atoms with E-state index in [1.807, 2.05) is 0 Å². The average molecular weight is 325 g/mol. The van der Waals surface area contributed by atoms with E-state index in [2.05, 4.69) is 15.1 Å². The molecule has 0 spiro atoms. The third-order valence-electron chi connectivity index (χ3n) is 3.90. The molecule has 1 aliphatic rings. The second-order valence-electron chi connectivity index (χ2n) is 5.77. The molecule has 1 fully saturated rings. The van der Waals surface area contributed by atoms with E-state index in [0.29, 0.717) is 40.3 Å². The quantitative estimate of drug-likeness (QED) is 0.665. The van der Waals surface area contributed by atoms with E-state index < -0.39 is 5.97 Å². The molecule has 7 heteroatoms. The molecule has 1 saturated carbocycles. The first-order valence-corrected chi connectivity index (χ1v) is 7.70. The molecule has 2 aromatic heterocycles. The van der Waals surface area contributed by atoms with Crippen molar-refractivity contribution in [3.8, 4) is 23.0 Å². The number of carbonyl (C=O) groups is 1. The second-order valence-corrected chi connectivity index (χ2v) is 5.77. The Labute approximate surface area is 137 Å². The predicted molar refractivity (Wildman–Crippen MR) is 83.0 cm³/mol.